The molecular formula is C10H16O4. The summed E-state index contributed by atoms with van der Waals surface area (Å²) in [5, 5.41) is 8.59. The standard InChI is InChI=1S/C10H16O4/c1-2-4-10(5-3-8(11)12)6-7-14-9(10)13/h2-7H2,1H3,(H,11,12)/t10-/m1/s1. The Bertz CT molecular complexity index is 236. The molecule has 0 bridgehead atoms. The molecule has 1 fully saturated rings. The van der Waals surface area contributed by atoms with Gasteiger partial charge in [-0.2, -0.15) is 0 Å². The zero-order valence-electron chi connectivity index (χ0n) is 8.41. The second-order valence-corrected chi connectivity index (χ2v) is 3.81. The fraction of sp³-hybridized carbons (Fsp3) is 0.800. The molecule has 0 saturated carbocycles. The Morgan fingerprint density at radius 1 is 1.57 bits per heavy atom. The molecule has 4 nitrogen and oxygen atoms in total. The van der Waals surface area contributed by atoms with Crippen LogP contribution in [0.25, 0.3) is 0 Å². The molecule has 14 heavy (non-hydrogen) atoms. The minimum atomic E-state index is -0.847. The molecule has 1 rings (SSSR count). The van der Waals surface area contributed by atoms with Crippen LogP contribution in [-0.2, 0) is 14.3 Å². The zero-order valence-corrected chi connectivity index (χ0v) is 8.41. The molecule has 4 heteroatoms. The predicted octanol–water partition coefficient (Wildman–Crippen LogP) is 1.58. The van der Waals surface area contributed by atoms with Crippen molar-refractivity contribution in [2.45, 2.75) is 39.0 Å². The third-order valence-corrected chi connectivity index (χ3v) is 2.79. The molecule has 1 heterocycles. The molecule has 1 atom stereocenters. The van der Waals surface area contributed by atoms with Gasteiger partial charge in [0.25, 0.3) is 0 Å². The summed E-state index contributed by atoms with van der Waals surface area (Å²) in [6.45, 7) is 2.44. The predicted molar refractivity (Wildman–Crippen MR) is 49.8 cm³/mol. The van der Waals surface area contributed by atoms with Gasteiger partial charge in [0, 0.05) is 6.42 Å². The van der Waals surface area contributed by atoms with E-state index < -0.39 is 11.4 Å². The summed E-state index contributed by atoms with van der Waals surface area (Å²) in [5.74, 6) is -1.05. The molecular weight excluding hydrogens is 184 g/mol. The van der Waals surface area contributed by atoms with Crippen LogP contribution in [0.1, 0.15) is 39.0 Å². The number of carbonyl (C=O) groups excluding carboxylic acids is 1. The van der Waals surface area contributed by atoms with Gasteiger partial charge in [-0.15, -0.1) is 0 Å². The van der Waals surface area contributed by atoms with Crippen molar-refractivity contribution in [2.24, 2.45) is 5.41 Å². The number of aliphatic carboxylic acids is 1. The lowest BCUT2D eigenvalue weighted by Gasteiger charge is -2.22. The normalized spacial score (nSPS) is 26.2. The van der Waals surface area contributed by atoms with Crippen LogP contribution in [0.4, 0.5) is 0 Å². The largest absolute Gasteiger partial charge is 0.481 e. The maximum Gasteiger partial charge on any atom is 0.312 e. The van der Waals surface area contributed by atoms with Crippen LogP contribution in [-0.4, -0.2) is 23.7 Å². The van der Waals surface area contributed by atoms with Crippen LogP contribution < -0.4 is 0 Å². The van der Waals surface area contributed by atoms with E-state index in [4.69, 9.17) is 9.84 Å². The lowest BCUT2D eigenvalue weighted by Crippen LogP contribution is -2.27. The number of carboxylic acids is 1. The van der Waals surface area contributed by atoms with Crippen molar-refractivity contribution in [1.29, 1.82) is 0 Å². The molecule has 0 unspecified atom stereocenters. The smallest absolute Gasteiger partial charge is 0.312 e. The van der Waals surface area contributed by atoms with E-state index in [1.165, 1.54) is 0 Å². The first-order valence-corrected chi connectivity index (χ1v) is 5.00. The highest BCUT2D eigenvalue weighted by molar-refractivity contribution is 5.79. The monoisotopic (exact) mass is 200 g/mol. The molecule has 0 aromatic heterocycles. The van der Waals surface area contributed by atoms with E-state index in [-0.39, 0.29) is 12.4 Å². The van der Waals surface area contributed by atoms with E-state index >= 15 is 0 Å². The van der Waals surface area contributed by atoms with Gasteiger partial charge in [0.05, 0.1) is 12.0 Å². The molecule has 0 aromatic carbocycles. The van der Waals surface area contributed by atoms with Crippen molar-refractivity contribution in [3.63, 3.8) is 0 Å². The van der Waals surface area contributed by atoms with Crippen LogP contribution in [0.15, 0.2) is 0 Å². The number of hydrogen-bond donors (Lipinski definition) is 1. The Morgan fingerprint density at radius 3 is 2.71 bits per heavy atom. The zero-order chi connectivity index (χ0) is 10.6. The van der Waals surface area contributed by atoms with E-state index in [0.29, 0.717) is 19.4 Å². The third-order valence-electron chi connectivity index (χ3n) is 2.79. The number of ether oxygens (including phenoxy) is 1. The topological polar surface area (TPSA) is 63.6 Å². The summed E-state index contributed by atoms with van der Waals surface area (Å²) in [7, 11) is 0. The lowest BCUT2D eigenvalue weighted by molar-refractivity contribution is -0.147. The van der Waals surface area contributed by atoms with E-state index in [9.17, 15) is 9.59 Å². The number of cyclic esters (lactones) is 1. The quantitative estimate of drug-likeness (QED) is 0.684. The van der Waals surface area contributed by atoms with E-state index in [0.717, 1.165) is 12.8 Å². The number of carbonyl (C=O) groups is 2. The molecule has 0 spiro atoms. The molecule has 0 radical (unpaired) electrons. The summed E-state index contributed by atoms with van der Waals surface area (Å²) in [4.78, 5) is 21.9. The van der Waals surface area contributed by atoms with E-state index in [2.05, 4.69) is 0 Å². The maximum absolute atomic E-state index is 11.5. The van der Waals surface area contributed by atoms with Crippen LogP contribution in [0.3, 0.4) is 0 Å². The van der Waals surface area contributed by atoms with E-state index in [1.807, 2.05) is 6.92 Å². The third kappa shape index (κ3) is 2.25. The highest BCUT2D eigenvalue weighted by Gasteiger charge is 2.43. The minimum absolute atomic E-state index is 0.0507. The first-order valence-electron chi connectivity index (χ1n) is 5.00. The fourth-order valence-corrected chi connectivity index (χ4v) is 2.00. The Balaban J connectivity index is 2.61. The second-order valence-electron chi connectivity index (χ2n) is 3.81. The van der Waals surface area contributed by atoms with Crippen LogP contribution in [0.5, 0.6) is 0 Å². The fourth-order valence-electron chi connectivity index (χ4n) is 2.00. The summed E-state index contributed by atoms with van der Waals surface area (Å²) in [6.07, 6.45) is 2.75. The van der Waals surface area contributed by atoms with Crippen molar-refractivity contribution >= 4 is 11.9 Å². The first kappa shape index (κ1) is 11.0. The van der Waals surface area contributed by atoms with Gasteiger partial charge in [-0.25, -0.2) is 0 Å². The summed E-state index contributed by atoms with van der Waals surface area (Å²) in [5.41, 5.74) is -0.507. The van der Waals surface area contributed by atoms with Crippen molar-refractivity contribution in [3.8, 4) is 0 Å². The average molecular weight is 200 g/mol. The average Bonchev–Trinajstić information content (AvgIpc) is 2.46. The Labute approximate surface area is 83.2 Å². The van der Waals surface area contributed by atoms with E-state index in [1.54, 1.807) is 0 Å². The maximum atomic E-state index is 11.5. The van der Waals surface area contributed by atoms with Crippen LogP contribution in [0, 0.1) is 5.41 Å². The number of rotatable bonds is 5. The number of hydrogen-bond acceptors (Lipinski definition) is 3. The molecule has 1 saturated heterocycles. The van der Waals surface area contributed by atoms with Gasteiger partial charge in [-0.05, 0) is 19.3 Å². The second kappa shape index (κ2) is 4.44. The van der Waals surface area contributed by atoms with Gasteiger partial charge in [-0.3, -0.25) is 9.59 Å². The molecule has 0 aliphatic carbocycles. The Hall–Kier alpha value is -1.06. The Morgan fingerprint density at radius 2 is 2.29 bits per heavy atom. The molecule has 0 amide bonds. The summed E-state index contributed by atoms with van der Waals surface area (Å²) < 4.78 is 4.92. The summed E-state index contributed by atoms with van der Waals surface area (Å²) in [6, 6.07) is 0. The van der Waals surface area contributed by atoms with Gasteiger partial charge in [0.1, 0.15) is 0 Å². The Kier molecular flexibility index (Phi) is 3.49. The van der Waals surface area contributed by atoms with Gasteiger partial charge in [-0.1, -0.05) is 13.3 Å². The molecule has 1 aliphatic heterocycles. The van der Waals surface area contributed by atoms with Gasteiger partial charge >= 0.3 is 11.9 Å². The van der Waals surface area contributed by atoms with Crippen molar-refractivity contribution in [2.75, 3.05) is 6.61 Å². The molecule has 80 valence electrons. The first-order chi connectivity index (χ1) is 6.60. The molecule has 0 aromatic rings. The lowest BCUT2D eigenvalue weighted by atomic mass is 9.78. The number of carboxylic acid groups (broad SMARTS) is 1. The van der Waals surface area contributed by atoms with Gasteiger partial charge in [0.15, 0.2) is 0 Å². The summed E-state index contributed by atoms with van der Waals surface area (Å²) >= 11 is 0. The van der Waals surface area contributed by atoms with Gasteiger partial charge in [0.2, 0.25) is 0 Å². The van der Waals surface area contributed by atoms with Crippen LogP contribution >= 0.6 is 0 Å². The highest BCUT2D eigenvalue weighted by Crippen LogP contribution is 2.39. The van der Waals surface area contributed by atoms with Crippen LogP contribution in [0.2, 0.25) is 0 Å². The van der Waals surface area contributed by atoms with Crippen molar-refractivity contribution in [1.82, 2.24) is 0 Å². The molecule has 1 aliphatic rings. The van der Waals surface area contributed by atoms with Gasteiger partial charge < -0.3 is 9.84 Å². The van der Waals surface area contributed by atoms with Crippen molar-refractivity contribution in [3.05, 3.63) is 0 Å². The molecule has 1 N–H and O–H groups in total. The minimum Gasteiger partial charge on any atom is -0.481 e. The number of esters is 1. The van der Waals surface area contributed by atoms with Crippen molar-refractivity contribution < 1.29 is 19.4 Å². The highest BCUT2D eigenvalue weighted by atomic mass is 16.5. The SMILES string of the molecule is CCC[C@@]1(CCC(=O)O)CCOC1=O.